The highest BCUT2D eigenvalue weighted by atomic mass is 79.9. The summed E-state index contributed by atoms with van der Waals surface area (Å²) in [4.78, 5) is 0. The van der Waals surface area contributed by atoms with Crippen LogP contribution in [0, 0.1) is 18.6 Å². The second-order valence-corrected chi connectivity index (χ2v) is 5.91. The van der Waals surface area contributed by atoms with E-state index in [1.807, 2.05) is 32.0 Å². The highest BCUT2D eigenvalue weighted by Crippen LogP contribution is 2.25. The summed E-state index contributed by atoms with van der Waals surface area (Å²) in [6.07, 6.45) is 0.410. The van der Waals surface area contributed by atoms with Crippen LogP contribution >= 0.6 is 15.9 Å². The van der Waals surface area contributed by atoms with E-state index in [0.717, 1.165) is 28.2 Å². The molecule has 0 saturated carbocycles. The molecule has 1 nitrogen and oxygen atoms in total. The molecule has 1 unspecified atom stereocenters. The van der Waals surface area contributed by atoms with E-state index in [0.29, 0.717) is 12.0 Å². The largest absolute Gasteiger partial charge is 0.310 e. The minimum atomic E-state index is -0.410. The summed E-state index contributed by atoms with van der Waals surface area (Å²) in [5.41, 5.74) is 2.58. The summed E-state index contributed by atoms with van der Waals surface area (Å²) in [5.74, 6) is -0.780. The molecule has 1 N–H and O–H groups in total. The summed E-state index contributed by atoms with van der Waals surface area (Å²) in [6.45, 7) is 4.77. The van der Waals surface area contributed by atoms with Gasteiger partial charge in [-0.3, -0.25) is 0 Å². The van der Waals surface area contributed by atoms with Crippen molar-refractivity contribution in [1.82, 2.24) is 5.32 Å². The van der Waals surface area contributed by atoms with E-state index in [-0.39, 0.29) is 11.9 Å². The number of benzene rings is 2. The number of halogens is 3. The number of aryl methyl sites for hydroxylation is 1. The summed E-state index contributed by atoms with van der Waals surface area (Å²) < 4.78 is 28.2. The molecular formula is C17H18BrF2N. The highest BCUT2D eigenvalue weighted by molar-refractivity contribution is 9.10. The molecule has 0 aromatic heterocycles. The van der Waals surface area contributed by atoms with Crippen molar-refractivity contribution in [3.63, 3.8) is 0 Å². The molecule has 1 atom stereocenters. The first-order valence-electron chi connectivity index (χ1n) is 6.94. The average Bonchev–Trinajstić information content (AvgIpc) is 2.45. The Labute approximate surface area is 132 Å². The van der Waals surface area contributed by atoms with Gasteiger partial charge in [0.05, 0.1) is 0 Å². The monoisotopic (exact) mass is 353 g/mol. The molecule has 0 fully saturated rings. The van der Waals surface area contributed by atoms with Crippen LogP contribution in [0.3, 0.4) is 0 Å². The summed E-state index contributed by atoms with van der Waals surface area (Å²) >= 11 is 3.52. The van der Waals surface area contributed by atoms with Crippen LogP contribution in [-0.4, -0.2) is 6.54 Å². The van der Waals surface area contributed by atoms with E-state index in [2.05, 4.69) is 21.2 Å². The molecule has 112 valence electrons. The zero-order valence-corrected chi connectivity index (χ0v) is 13.7. The maximum absolute atomic E-state index is 13.8. The molecule has 0 amide bonds. The van der Waals surface area contributed by atoms with Crippen LogP contribution in [0.2, 0.25) is 0 Å². The fourth-order valence-corrected chi connectivity index (χ4v) is 2.70. The minimum absolute atomic E-state index is 0.0526. The van der Waals surface area contributed by atoms with Crippen LogP contribution in [0.5, 0.6) is 0 Å². The Morgan fingerprint density at radius 1 is 1.14 bits per heavy atom. The van der Waals surface area contributed by atoms with Crippen molar-refractivity contribution in [2.45, 2.75) is 26.3 Å². The Bertz CT molecular complexity index is 628. The van der Waals surface area contributed by atoms with Crippen LogP contribution in [0.4, 0.5) is 8.78 Å². The van der Waals surface area contributed by atoms with E-state index >= 15 is 0 Å². The molecule has 0 bridgehead atoms. The Hall–Kier alpha value is -1.26. The van der Waals surface area contributed by atoms with E-state index in [1.54, 1.807) is 0 Å². The van der Waals surface area contributed by atoms with Gasteiger partial charge in [0.2, 0.25) is 0 Å². The predicted molar refractivity (Wildman–Crippen MR) is 85.4 cm³/mol. The second kappa shape index (κ2) is 7.14. The van der Waals surface area contributed by atoms with Gasteiger partial charge < -0.3 is 5.32 Å². The third kappa shape index (κ3) is 4.11. The van der Waals surface area contributed by atoms with E-state index in [1.165, 1.54) is 12.1 Å². The van der Waals surface area contributed by atoms with Gasteiger partial charge in [-0.25, -0.2) is 8.78 Å². The predicted octanol–water partition coefficient (Wildman–Crippen LogP) is 4.93. The van der Waals surface area contributed by atoms with Gasteiger partial charge in [-0.2, -0.15) is 0 Å². The first kappa shape index (κ1) is 16.1. The Morgan fingerprint density at radius 2 is 1.90 bits per heavy atom. The standard InChI is InChI=1S/C17H18BrF2N/c1-3-21-17(12-5-4-11(2)15(18)9-12)10-13-8-14(19)6-7-16(13)20/h4-9,17,21H,3,10H2,1-2H3. The van der Waals surface area contributed by atoms with Gasteiger partial charge in [0.1, 0.15) is 11.6 Å². The molecule has 21 heavy (non-hydrogen) atoms. The van der Waals surface area contributed by atoms with Crippen molar-refractivity contribution < 1.29 is 8.78 Å². The first-order valence-corrected chi connectivity index (χ1v) is 7.74. The molecule has 0 spiro atoms. The van der Waals surface area contributed by atoms with Crippen molar-refractivity contribution in [2.24, 2.45) is 0 Å². The maximum Gasteiger partial charge on any atom is 0.126 e. The first-order chi connectivity index (χ1) is 10.0. The fourth-order valence-electron chi connectivity index (χ4n) is 2.30. The normalized spacial score (nSPS) is 12.4. The molecule has 0 radical (unpaired) electrons. The van der Waals surface area contributed by atoms with E-state index < -0.39 is 5.82 Å². The van der Waals surface area contributed by atoms with E-state index in [9.17, 15) is 8.78 Å². The third-order valence-corrected chi connectivity index (χ3v) is 4.33. The van der Waals surface area contributed by atoms with Gasteiger partial charge in [0, 0.05) is 10.5 Å². The number of nitrogens with one attached hydrogen (secondary N) is 1. The maximum atomic E-state index is 13.8. The van der Waals surface area contributed by atoms with Crippen LogP contribution in [0.15, 0.2) is 40.9 Å². The molecule has 0 heterocycles. The lowest BCUT2D eigenvalue weighted by molar-refractivity contribution is 0.522. The number of hydrogen-bond acceptors (Lipinski definition) is 1. The van der Waals surface area contributed by atoms with Gasteiger partial charge in [0.25, 0.3) is 0 Å². The third-order valence-electron chi connectivity index (χ3n) is 3.48. The molecule has 0 saturated heterocycles. The average molecular weight is 354 g/mol. The highest BCUT2D eigenvalue weighted by Gasteiger charge is 2.15. The van der Waals surface area contributed by atoms with Crippen LogP contribution in [-0.2, 0) is 6.42 Å². The van der Waals surface area contributed by atoms with Gasteiger partial charge in [-0.1, -0.05) is 35.0 Å². The van der Waals surface area contributed by atoms with Crippen LogP contribution < -0.4 is 5.32 Å². The van der Waals surface area contributed by atoms with Gasteiger partial charge >= 0.3 is 0 Å². The molecular weight excluding hydrogens is 336 g/mol. The second-order valence-electron chi connectivity index (χ2n) is 5.06. The Kier molecular flexibility index (Phi) is 5.48. The van der Waals surface area contributed by atoms with Gasteiger partial charge in [0.15, 0.2) is 0 Å². The van der Waals surface area contributed by atoms with Gasteiger partial charge in [-0.05, 0) is 60.8 Å². The smallest absolute Gasteiger partial charge is 0.126 e. The van der Waals surface area contributed by atoms with Crippen LogP contribution in [0.1, 0.15) is 29.7 Å². The van der Waals surface area contributed by atoms with Crippen molar-refractivity contribution in [1.29, 1.82) is 0 Å². The summed E-state index contributed by atoms with van der Waals surface area (Å²) in [6, 6.07) is 9.60. The number of likely N-dealkylation sites (N-methyl/N-ethyl adjacent to an activating group) is 1. The van der Waals surface area contributed by atoms with E-state index in [4.69, 9.17) is 0 Å². The van der Waals surface area contributed by atoms with Gasteiger partial charge in [-0.15, -0.1) is 0 Å². The SMILES string of the molecule is CCNC(Cc1cc(F)ccc1F)c1ccc(C)c(Br)c1. The lowest BCUT2D eigenvalue weighted by Crippen LogP contribution is -2.23. The van der Waals surface area contributed by atoms with Crippen molar-refractivity contribution in [3.05, 3.63) is 69.2 Å². The van der Waals surface area contributed by atoms with Crippen molar-refractivity contribution >= 4 is 15.9 Å². The Morgan fingerprint density at radius 3 is 2.57 bits per heavy atom. The molecule has 2 aromatic rings. The molecule has 0 aliphatic heterocycles. The molecule has 4 heteroatoms. The zero-order chi connectivity index (χ0) is 15.4. The molecule has 0 aliphatic carbocycles. The fraction of sp³-hybridized carbons (Fsp3) is 0.294. The lowest BCUT2D eigenvalue weighted by atomic mass is 9.97. The van der Waals surface area contributed by atoms with Crippen LogP contribution in [0.25, 0.3) is 0 Å². The number of hydrogen-bond donors (Lipinski definition) is 1. The quantitative estimate of drug-likeness (QED) is 0.803. The summed E-state index contributed by atoms with van der Waals surface area (Å²) in [5, 5.41) is 3.33. The zero-order valence-electron chi connectivity index (χ0n) is 12.1. The number of rotatable bonds is 5. The van der Waals surface area contributed by atoms with Crippen molar-refractivity contribution in [2.75, 3.05) is 6.54 Å². The molecule has 0 aliphatic rings. The lowest BCUT2D eigenvalue weighted by Gasteiger charge is -2.19. The minimum Gasteiger partial charge on any atom is -0.310 e. The topological polar surface area (TPSA) is 12.0 Å². The Balaban J connectivity index is 2.30. The summed E-state index contributed by atoms with van der Waals surface area (Å²) in [7, 11) is 0. The molecule has 2 aromatic carbocycles. The van der Waals surface area contributed by atoms with Crippen molar-refractivity contribution in [3.8, 4) is 0 Å². The molecule has 2 rings (SSSR count).